The Balaban J connectivity index is 2.22. The van der Waals surface area contributed by atoms with Crippen molar-refractivity contribution >= 4 is 23.4 Å². The number of hydrogen-bond donors (Lipinski definition) is 2. The maximum absolute atomic E-state index is 12.6. The molecule has 1 unspecified atom stereocenters. The second kappa shape index (κ2) is 9.01. The van der Waals surface area contributed by atoms with Gasteiger partial charge in [0, 0.05) is 24.7 Å². The van der Waals surface area contributed by atoms with Gasteiger partial charge in [-0.3, -0.25) is 14.3 Å². The number of rotatable bonds is 6. The van der Waals surface area contributed by atoms with E-state index in [0.29, 0.717) is 5.03 Å². The summed E-state index contributed by atoms with van der Waals surface area (Å²) >= 11 is 5.71. The van der Waals surface area contributed by atoms with Gasteiger partial charge >= 0.3 is 0 Å². The van der Waals surface area contributed by atoms with Crippen LogP contribution in [0.25, 0.3) is 0 Å². The molecule has 8 heteroatoms. The van der Waals surface area contributed by atoms with Crippen molar-refractivity contribution in [2.75, 3.05) is 6.54 Å². The first-order valence-corrected chi connectivity index (χ1v) is 8.60. The van der Waals surface area contributed by atoms with E-state index < -0.39 is 11.9 Å². The molecule has 0 fully saturated rings. The van der Waals surface area contributed by atoms with Crippen LogP contribution < -0.4 is 10.6 Å². The predicted molar refractivity (Wildman–Crippen MR) is 102 cm³/mol. The average Bonchev–Trinajstić information content (AvgIpc) is 2.99. The number of aryl methyl sites for hydroxylation is 2. The second-order valence-corrected chi connectivity index (χ2v) is 6.65. The Morgan fingerprint density at radius 3 is 2.63 bits per heavy atom. The third-order valence-electron chi connectivity index (χ3n) is 3.88. The molecule has 7 nitrogen and oxygen atoms in total. The van der Waals surface area contributed by atoms with E-state index in [1.54, 1.807) is 14.0 Å². The summed E-state index contributed by atoms with van der Waals surface area (Å²) in [4.78, 5) is 24.5. The number of allylic oxidation sites excluding steroid dienone is 1. The zero-order valence-electron chi connectivity index (χ0n) is 15.3. The molecule has 0 aliphatic heterocycles. The smallest absolute Gasteiger partial charge is 0.256 e. The Bertz CT molecular complexity index is 905. The quantitative estimate of drug-likeness (QED) is 0.745. The van der Waals surface area contributed by atoms with Crippen LogP contribution in [0, 0.1) is 18.3 Å². The monoisotopic (exact) mass is 385 g/mol. The molecule has 2 aromatic rings. The third-order valence-corrected chi connectivity index (χ3v) is 3.99. The second-order valence-electron chi connectivity index (χ2n) is 6.06. The minimum Gasteiger partial charge on any atom is -0.350 e. The van der Waals surface area contributed by atoms with Gasteiger partial charge in [-0.1, -0.05) is 41.4 Å². The Kier molecular flexibility index (Phi) is 6.74. The van der Waals surface area contributed by atoms with E-state index in [1.165, 1.54) is 17.0 Å². The van der Waals surface area contributed by atoms with Crippen LogP contribution in [0.15, 0.2) is 41.6 Å². The minimum absolute atomic E-state index is 0.163. The van der Waals surface area contributed by atoms with Gasteiger partial charge < -0.3 is 10.6 Å². The Morgan fingerprint density at radius 1 is 1.37 bits per heavy atom. The molecule has 1 heterocycles. The third kappa shape index (κ3) is 5.43. The zero-order chi connectivity index (χ0) is 20.0. The molecule has 27 heavy (non-hydrogen) atoms. The molecular weight excluding hydrogens is 366 g/mol. The highest BCUT2D eigenvalue weighted by Crippen LogP contribution is 2.15. The average molecular weight is 386 g/mol. The molecule has 1 atom stereocenters. The Hall–Kier alpha value is -3.11. The summed E-state index contributed by atoms with van der Waals surface area (Å²) < 4.78 is 1.34. The van der Waals surface area contributed by atoms with Crippen LogP contribution >= 0.6 is 11.6 Å². The molecule has 0 aliphatic rings. The Labute approximate surface area is 162 Å². The fourth-order valence-corrected chi connectivity index (χ4v) is 2.56. The van der Waals surface area contributed by atoms with Crippen molar-refractivity contribution in [2.24, 2.45) is 7.05 Å². The van der Waals surface area contributed by atoms with E-state index in [1.807, 2.05) is 37.3 Å². The topological polar surface area (TPSA) is 99.8 Å². The number of carbonyl (C=O) groups is 2. The number of halogens is 1. The molecule has 140 valence electrons. The fraction of sp³-hybridized carbons (Fsp3) is 0.263. The molecule has 0 spiro atoms. The van der Waals surface area contributed by atoms with Gasteiger partial charge in [-0.15, -0.1) is 0 Å². The summed E-state index contributed by atoms with van der Waals surface area (Å²) in [6, 6.07) is 9.07. The van der Waals surface area contributed by atoms with Gasteiger partial charge in [-0.2, -0.15) is 10.4 Å². The van der Waals surface area contributed by atoms with E-state index in [0.717, 1.165) is 11.1 Å². The lowest BCUT2D eigenvalue weighted by molar-refractivity contribution is -0.116. The van der Waals surface area contributed by atoms with Gasteiger partial charge in [0.15, 0.2) is 5.69 Å². The highest BCUT2D eigenvalue weighted by Gasteiger charge is 2.21. The van der Waals surface area contributed by atoms with E-state index >= 15 is 0 Å². The van der Waals surface area contributed by atoms with Crippen LogP contribution in [0.2, 0.25) is 0 Å². The lowest BCUT2D eigenvalue weighted by Crippen LogP contribution is -2.37. The molecule has 2 N–H and O–H groups in total. The van der Waals surface area contributed by atoms with Gasteiger partial charge in [0.2, 0.25) is 5.91 Å². The van der Waals surface area contributed by atoms with Crippen LogP contribution in [-0.4, -0.2) is 28.1 Å². The first kappa shape index (κ1) is 20.2. The lowest BCUT2D eigenvalue weighted by Gasteiger charge is -2.19. The van der Waals surface area contributed by atoms with Gasteiger partial charge in [-0.25, -0.2) is 0 Å². The van der Waals surface area contributed by atoms with Crippen molar-refractivity contribution in [1.29, 1.82) is 5.26 Å². The number of nitriles is 1. The van der Waals surface area contributed by atoms with Crippen molar-refractivity contribution < 1.29 is 9.59 Å². The van der Waals surface area contributed by atoms with Gasteiger partial charge in [0.25, 0.3) is 5.91 Å². The molecule has 0 saturated heterocycles. The molecule has 1 aromatic carbocycles. The summed E-state index contributed by atoms with van der Waals surface area (Å²) in [5.41, 5.74) is 2.25. The lowest BCUT2D eigenvalue weighted by atomic mass is 10.0. The number of hydrogen-bond acceptors (Lipinski definition) is 4. The standard InChI is InChI=1S/C19H20ClN5O2/c1-12-4-6-14(7-5-12)16(11-22-18(26)8-13(2)20)24-19(27)15-10-23-25(3)17(15)9-21/h4-8,10,16H,11H2,1-3H3,(H,22,26)(H,24,27)/b13-8-. The van der Waals surface area contributed by atoms with E-state index in [2.05, 4.69) is 15.7 Å². The largest absolute Gasteiger partial charge is 0.350 e. The number of nitrogens with one attached hydrogen (secondary N) is 2. The van der Waals surface area contributed by atoms with Gasteiger partial charge in [0.1, 0.15) is 6.07 Å². The normalized spacial score (nSPS) is 12.2. The summed E-state index contributed by atoms with van der Waals surface area (Å²) in [5.74, 6) is -0.795. The number of aromatic nitrogens is 2. The SMILES string of the molecule is C/C(Cl)=C/C(=O)NCC(NC(=O)c1cnn(C)c1C#N)c1ccc(C)cc1. The maximum atomic E-state index is 12.6. The first-order valence-electron chi connectivity index (χ1n) is 8.23. The highest BCUT2D eigenvalue weighted by atomic mass is 35.5. The van der Waals surface area contributed by atoms with Crippen LogP contribution in [0.4, 0.5) is 0 Å². The number of carbonyl (C=O) groups excluding carboxylic acids is 2. The van der Waals surface area contributed by atoms with E-state index in [-0.39, 0.29) is 23.7 Å². The number of nitrogens with zero attached hydrogens (tertiary/aromatic N) is 3. The zero-order valence-corrected chi connectivity index (χ0v) is 16.0. The predicted octanol–water partition coefficient (Wildman–Crippen LogP) is 2.33. The molecule has 0 aliphatic carbocycles. The van der Waals surface area contributed by atoms with Gasteiger partial charge in [0.05, 0.1) is 17.8 Å². The summed E-state index contributed by atoms with van der Waals surface area (Å²) in [7, 11) is 1.59. The first-order chi connectivity index (χ1) is 12.8. The molecule has 0 bridgehead atoms. The van der Waals surface area contributed by atoms with Crippen LogP contribution in [0.5, 0.6) is 0 Å². The molecule has 0 radical (unpaired) electrons. The fourth-order valence-electron chi connectivity index (χ4n) is 2.46. The van der Waals surface area contributed by atoms with Crippen molar-refractivity contribution in [3.63, 3.8) is 0 Å². The molecule has 2 rings (SSSR count). The summed E-state index contributed by atoms with van der Waals surface area (Å²) in [6.07, 6.45) is 2.61. The van der Waals surface area contributed by atoms with Gasteiger partial charge in [-0.05, 0) is 19.4 Å². The van der Waals surface area contributed by atoms with Crippen molar-refractivity contribution in [1.82, 2.24) is 20.4 Å². The number of benzene rings is 1. The molecular formula is C19H20ClN5O2. The number of amides is 2. The maximum Gasteiger partial charge on any atom is 0.256 e. The van der Waals surface area contributed by atoms with E-state index in [4.69, 9.17) is 11.6 Å². The van der Waals surface area contributed by atoms with Crippen molar-refractivity contribution in [3.8, 4) is 6.07 Å². The summed E-state index contributed by atoms with van der Waals surface area (Å²) in [5, 5.41) is 19.1. The van der Waals surface area contributed by atoms with Crippen LogP contribution in [0.1, 0.15) is 40.1 Å². The van der Waals surface area contributed by atoms with E-state index in [9.17, 15) is 14.9 Å². The molecule has 0 saturated carbocycles. The Morgan fingerprint density at radius 2 is 2.04 bits per heavy atom. The van der Waals surface area contributed by atoms with Crippen molar-refractivity contribution in [3.05, 3.63) is 64.0 Å². The highest BCUT2D eigenvalue weighted by molar-refractivity contribution is 6.30. The minimum atomic E-state index is -0.488. The summed E-state index contributed by atoms with van der Waals surface area (Å²) in [6.45, 7) is 3.73. The van der Waals surface area contributed by atoms with Crippen LogP contribution in [0.3, 0.4) is 0 Å². The van der Waals surface area contributed by atoms with Crippen LogP contribution in [-0.2, 0) is 11.8 Å². The van der Waals surface area contributed by atoms with Crippen molar-refractivity contribution in [2.45, 2.75) is 19.9 Å². The molecule has 1 aromatic heterocycles. The molecule has 2 amide bonds.